The van der Waals surface area contributed by atoms with Crippen molar-refractivity contribution in [1.29, 1.82) is 0 Å². The number of aromatic nitrogens is 1. The summed E-state index contributed by atoms with van der Waals surface area (Å²) in [4.78, 5) is 0. The van der Waals surface area contributed by atoms with Crippen LogP contribution >= 0.6 is 0 Å². The number of benzene rings is 6. The molecule has 1 nitrogen and oxygen atoms in total. The zero-order valence-electron chi connectivity index (χ0n) is 25.8. The van der Waals surface area contributed by atoms with E-state index >= 15 is 0 Å². The first-order valence-corrected chi connectivity index (χ1v) is 16.1. The molecule has 1 heteroatoms. The van der Waals surface area contributed by atoms with Crippen molar-refractivity contribution in [2.24, 2.45) is 5.41 Å². The van der Waals surface area contributed by atoms with Crippen LogP contribution in [0.1, 0.15) is 35.1 Å². The van der Waals surface area contributed by atoms with E-state index < -0.39 is 0 Å². The van der Waals surface area contributed by atoms with E-state index in [-0.39, 0.29) is 11.3 Å². The number of allylic oxidation sites excluding steroid dienone is 5. The Morgan fingerprint density at radius 1 is 0.543 bits per heavy atom. The first-order chi connectivity index (χ1) is 22.7. The second-order valence-electron chi connectivity index (χ2n) is 12.7. The van der Waals surface area contributed by atoms with Gasteiger partial charge in [0.15, 0.2) is 0 Å². The minimum Gasteiger partial charge on any atom is -0.309 e. The molecule has 1 heterocycles. The Morgan fingerprint density at radius 2 is 1.22 bits per heavy atom. The minimum absolute atomic E-state index is 0.173. The van der Waals surface area contributed by atoms with Gasteiger partial charge < -0.3 is 4.57 Å². The lowest BCUT2D eigenvalue weighted by Crippen LogP contribution is -2.32. The van der Waals surface area contributed by atoms with Crippen molar-refractivity contribution in [3.63, 3.8) is 0 Å². The van der Waals surface area contributed by atoms with Crippen LogP contribution in [0, 0.1) is 5.41 Å². The van der Waals surface area contributed by atoms with Gasteiger partial charge in [-0.05, 0) is 74.9 Å². The summed E-state index contributed by atoms with van der Waals surface area (Å²) in [7, 11) is 0. The molecule has 0 bridgehead atoms. The molecule has 0 aliphatic heterocycles. The van der Waals surface area contributed by atoms with Gasteiger partial charge in [0.25, 0.3) is 0 Å². The van der Waals surface area contributed by atoms with Crippen LogP contribution in [0.15, 0.2) is 182 Å². The molecule has 218 valence electrons. The van der Waals surface area contributed by atoms with Crippen molar-refractivity contribution in [2.45, 2.75) is 12.8 Å². The summed E-state index contributed by atoms with van der Waals surface area (Å²) < 4.78 is 2.37. The molecule has 2 unspecified atom stereocenters. The van der Waals surface area contributed by atoms with Crippen LogP contribution in [0.25, 0.3) is 44.2 Å². The van der Waals surface area contributed by atoms with Gasteiger partial charge in [0, 0.05) is 27.8 Å². The molecule has 46 heavy (non-hydrogen) atoms. The zero-order chi connectivity index (χ0) is 30.7. The summed E-state index contributed by atoms with van der Waals surface area (Å²) in [5.74, 6) is 0.202. The molecule has 0 spiro atoms. The molecular formula is C45H33N. The number of rotatable bonds is 4. The third kappa shape index (κ3) is 4.02. The van der Waals surface area contributed by atoms with Crippen molar-refractivity contribution < 1.29 is 0 Å². The van der Waals surface area contributed by atoms with Crippen LogP contribution < -0.4 is 0 Å². The molecule has 0 saturated heterocycles. The Kier molecular flexibility index (Phi) is 6.08. The predicted molar refractivity (Wildman–Crippen MR) is 193 cm³/mol. The maximum Gasteiger partial charge on any atom is 0.0541 e. The largest absolute Gasteiger partial charge is 0.309 e. The minimum atomic E-state index is -0.173. The van der Waals surface area contributed by atoms with E-state index in [1.54, 1.807) is 0 Å². The molecule has 0 fully saturated rings. The summed E-state index contributed by atoms with van der Waals surface area (Å²) >= 11 is 0. The molecule has 2 aliphatic carbocycles. The molecule has 0 radical (unpaired) electrons. The number of fused-ring (bicyclic) bond motifs is 5. The quantitative estimate of drug-likeness (QED) is 0.193. The van der Waals surface area contributed by atoms with Crippen LogP contribution in [0.4, 0.5) is 0 Å². The molecule has 7 aromatic rings. The van der Waals surface area contributed by atoms with Gasteiger partial charge >= 0.3 is 0 Å². The molecule has 2 atom stereocenters. The maximum absolute atomic E-state index is 2.41. The van der Waals surface area contributed by atoms with Gasteiger partial charge in [0.2, 0.25) is 0 Å². The standard InChI is InChI=1S/C45H33N/c1-45-29-13-12-21-40(45)43(32-14-4-2-5-15-32)37-19-8-9-20-38(37)44(45)33-25-23-31(24-26-33)34-27-28-42-39(30-34)36-18-10-11-22-41(36)46(42)35-16-6-3-7-17-35/h2-30,44H,1H3. The third-order valence-electron chi connectivity index (χ3n) is 10.1. The van der Waals surface area contributed by atoms with Crippen molar-refractivity contribution in [3.8, 4) is 16.8 Å². The third-order valence-corrected chi connectivity index (χ3v) is 10.1. The fourth-order valence-corrected chi connectivity index (χ4v) is 8.04. The summed E-state index contributed by atoms with van der Waals surface area (Å²) in [5.41, 5.74) is 14.0. The van der Waals surface area contributed by atoms with Gasteiger partial charge in [-0.15, -0.1) is 0 Å². The van der Waals surface area contributed by atoms with Gasteiger partial charge in [0.1, 0.15) is 0 Å². The van der Waals surface area contributed by atoms with Crippen LogP contribution in [-0.4, -0.2) is 4.57 Å². The van der Waals surface area contributed by atoms with E-state index in [1.807, 2.05) is 0 Å². The molecule has 0 N–H and O–H groups in total. The fourth-order valence-electron chi connectivity index (χ4n) is 8.04. The predicted octanol–water partition coefficient (Wildman–Crippen LogP) is 11.5. The molecule has 9 rings (SSSR count). The summed E-state index contributed by atoms with van der Waals surface area (Å²) in [6, 6.07) is 55.6. The Bertz CT molecular complexity index is 2350. The van der Waals surface area contributed by atoms with E-state index in [2.05, 4.69) is 187 Å². The SMILES string of the molecule is CC12C=CC=CC1=C(c1ccccc1)c1ccccc1C2c1ccc(-c2ccc3c(c2)c2ccccc2n3-c2ccccc2)cc1. The fraction of sp³-hybridized carbons (Fsp3) is 0.0667. The Hall–Kier alpha value is -5.66. The van der Waals surface area contributed by atoms with E-state index in [1.165, 1.54) is 72.0 Å². The lowest BCUT2D eigenvalue weighted by molar-refractivity contribution is 0.448. The second-order valence-corrected chi connectivity index (χ2v) is 12.7. The average Bonchev–Trinajstić information content (AvgIpc) is 3.45. The highest BCUT2D eigenvalue weighted by molar-refractivity contribution is 6.10. The Labute approximate surface area is 270 Å². The van der Waals surface area contributed by atoms with Gasteiger partial charge in [0.05, 0.1) is 11.0 Å². The lowest BCUT2D eigenvalue weighted by Gasteiger charge is -2.45. The molecule has 2 aliphatic rings. The number of para-hydroxylation sites is 2. The second kappa shape index (κ2) is 10.5. The van der Waals surface area contributed by atoms with Crippen molar-refractivity contribution in [3.05, 3.63) is 204 Å². The van der Waals surface area contributed by atoms with Gasteiger partial charge in [-0.25, -0.2) is 0 Å². The summed E-state index contributed by atoms with van der Waals surface area (Å²) in [5, 5.41) is 2.55. The first kappa shape index (κ1) is 26.7. The molecule has 0 amide bonds. The average molecular weight is 588 g/mol. The number of nitrogens with zero attached hydrogens (tertiary/aromatic N) is 1. The van der Waals surface area contributed by atoms with Crippen molar-refractivity contribution in [1.82, 2.24) is 4.57 Å². The molecule has 0 saturated carbocycles. The lowest BCUT2D eigenvalue weighted by atomic mass is 9.58. The van der Waals surface area contributed by atoms with Gasteiger partial charge in [-0.2, -0.15) is 0 Å². The van der Waals surface area contributed by atoms with Crippen LogP contribution in [0.3, 0.4) is 0 Å². The highest BCUT2D eigenvalue weighted by atomic mass is 15.0. The molecule has 1 aromatic heterocycles. The van der Waals surface area contributed by atoms with Crippen LogP contribution in [0.5, 0.6) is 0 Å². The van der Waals surface area contributed by atoms with E-state index in [0.717, 1.165) is 0 Å². The molecular weight excluding hydrogens is 555 g/mol. The monoisotopic (exact) mass is 587 g/mol. The topological polar surface area (TPSA) is 4.93 Å². The van der Waals surface area contributed by atoms with E-state index in [0.29, 0.717) is 0 Å². The normalized spacial score (nSPS) is 18.6. The highest BCUT2D eigenvalue weighted by Crippen LogP contribution is 2.57. The summed E-state index contributed by atoms with van der Waals surface area (Å²) in [6.45, 7) is 2.41. The molecule has 6 aromatic carbocycles. The van der Waals surface area contributed by atoms with Gasteiger partial charge in [-0.3, -0.25) is 0 Å². The maximum atomic E-state index is 2.41. The summed E-state index contributed by atoms with van der Waals surface area (Å²) in [6.07, 6.45) is 9.17. The number of hydrogen-bond donors (Lipinski definition) is 0. The van der Waals surface area contributed by atoms with E-state index in [4.69, 9.17) is 0 Å². The number of hydrogen-bond acceptors (Lipinski definition) is 0. The Balaban J connectivity index is 1.16. The van der Waals surface area contributed by atoms with E-state index in [9.17, 15) is 0 Å². The Morgan fingerprint density at radius 3 is 2.04 bits per heavy atom. The zero-order valence-corrected chi connectivity index (χ0v) is 25.8. The van der Waals surface area contributed by atoms with Crippen molar-refractivity contribution in [2.75, 3.05) is 0 Å². The van der Waals surface area contributed by atoms with Crippen LogP contribution in [-0.2, 0) is 0 Å². The van der Waals surface area contributed by atoms with Crippen LogP contribution in [0.2, 0.25) is 0 Å². The first-order valence-electron chi connectivity index (χ1n) is 16.1. The highest BCUT2D eigenvalue weighted by Gasteiger charge is 2.44. The van der Waals surface area contributed by atoms with Gasteiger partial charge in [-0.1, -0.05) is 153 Å². The smallest absolute Gasteiger partial charge is 0.0541 e. The van der Waals surface area contributed by atoms with Crippen molar-refractivity contribution >= 4 is 27.4 Å².